The Morgan fingerprint density at radius 2 is 1.81 bits per heavy atom. The van der Waals surface area contributed by atoms with Gasteiger partial charge in [0.05, 0.1) is 11.7 Å². The van der Waals surface area contributed by atoms with Crippen LogP contribution in [0.15, 0.2) is 48.5 Å². The van der Waals surface area contributed by atoms with Crippen LogP contribution < -0.4 is 10.6 Å². The molecule has 0 amide bonds. The standard InChI is InChI=1S/C17H19FN2S/c1-3-15(13-10-8-12(2)9-11-13)19-17(21)20-16-7-5-4-6-14(16)18/h4-11,15H,3H2,1-2H3,(H2,19,20,21)/t15-/m1/s1. The lowest BCUT2D eigenvalue weighted by Crippen LogP contribution is -2.32. The van der Waals surface area contributed by atoms with E-state index in [2.05, 4.69) is 48.7 Å². The molecular weight excluding hydrogens is 283 g/mol. The Balaban J connectivity index is 2.03. The fraction of sp³-hybridized carbons (Fsp3) is 0.235. The second kappa shape index (κ2) is 7.18. The number of thiocarbonyl (C=S) groups is 1. The van der Waals surface area contributed by atoms with Gasteiger partial charge in [-0.15, -0.1) is 0 Å². The van der Waals surface area contributed by atoms with Gasteiger partial charge < -0.3 is 10.6 Å². The number of anilines is 1. The van der Waals surface area contributed by atoms with Crippen LogP contribution in [-0.2, 0) is 0 Å². The third-order valence-corrected chi connectivity index (χ3v) is 3.54. The number of hydrogen-bond acceptors (Lipinski definition) is 1. The monoisotopic (exact) mass is 302 g/mol. The molecule has 0 bridgehead atoms. The molecule has 2 aromatic carbocycles. The van der Waals surface area contributed by atoms with Crippen molar-refractivity contribution in [1.82, 2.24) is 5.32 Å². The van der Waals surface area contributed by atoms with Crippen molar-refractivity contribution in [3.63, 3.8) is 0 Å². The van der Waals surface area contributed by atoms with E-state index in [0.29, 0.717) is 10.8 Å². The number of nitrogens with one attached hydrogen (secondary N) is 2. The molecule has 4 heteroatoms. The van der Waals surface area contributed by atoms with Crippen molar-refractivity contribution >= 4 is 23.0 Å². The summed E-state index contributed by atoms with van der Waals surface area (Å²) in [7, 11) is 0. The maximum atomic E-state index is 13.6. The lowest BCUT2D eigenvalue weighted by Gasteiger charge is -2.20. The minimum atomic E-state index is -0.315. The summed E-state index contributed by atoms with van der Waals surface area (Å²) < 4.78 is 13.6. The molecule has 0 aliphatic rings. The summed E-state index contributed by atoms with van der Waals surface area (Å²) in [5.41, 5.74) is 2.77. The molecular formula is C17H19FN2S. The molecule has 1 atom stereocenters. The predicted octanol–water partition coefficient (Wildman–Crippen LogP) is 4.57. The fourth-order valence-electron chi connectivity index (χ4n) is 2.10. The molecule has 0 aliphatic heterocycles. The van der Waals surface area contributed by atoms with Gasteiger partial charge in [-0.3, -0.25) is 0 Å². The molecule has 21 heavy (non-hydrogen) atoms. The van der Waals surface area contributed by atoms with Gasteiger partial charge in [-0.25, -0.2) is 4.39 Å². The molecule has 2 aromatic rings. The highest BCUT2D eigenvalue weighted by atomic mass is 32.1. The molecule has 0 aromatic heterocycles. The Labute approximate surface area is 130 Å². The summed E-state index contributed by atoms with van der Waals surface area (Å²) >= 11 is 5.28. The van der Waals surface area contributed by atoms with Crippen LogP contribution in [0.1, 0.15) is 30.5 Å². The highest BCUT2D eigenvalue weighted by Crippen LogP contribution is 2.18. The van der Waals surface area contributed by atoms with Gasteiger partial charge >= 0.3 is 0 Å². The van der Waals surface area contributed by atoms with E-state index in [-0.39, 0.29) is 11.9 Å². The van der Waals surface area contributed by atoms with Gasteiger partial charge in [-0.2, -0.15) is 0 Å². The van der Waals surface area contributed by atoms with Crippen molar-refractivity contribution < 1.29 is 4.39 Å². The van der Waals surface area contributed by atoms with E-state index in [1.807, 2.05) is 0 Å². The van der Waals surface area contributed by atoms with E-state index in [0.717, 1.165) is 6.42 Å². The van der Waals surface area contributed by atoms with Crippen molar-refractivity contribution in [3.05, 3.63) is 65.5 Å². The molecule has 2 rings (SSSR count). The van der Waals surface area contributed by atoms with Crippen molar-refractivity contribution in [3.8, 4) is 0 Å². The number of benzene rings is 2. The summed E-state index contributed by atoms with van der Waals surface area (Å²) in [6, 6.07) is 14.9. The predicted molar refractivity (Wildman–Crippen MR) is 90.0 cm³/mol. The smallest absolute Gasteiger partial charge is 0.171 e. The largest absolute Gasteiger partial charge is 0.356 e. The molecule has 0 saturated carbocycles. The Morgan fingerprint density at radius 1 is 1.14 bits per heavy atom. The second-order valence-electron chi connectivity index (χ2n) is 4.95. The minimum Gasteiger partial charge on any atom is -0.356 e. The van der Waals surface area contributed by atoms with Crippen molar-refractivity contribution in [1.29, 1.82) is 0 Å². The van der Waals surface area contributed by atoms with E-state index in [4.69, 9.17) is 12.2 Å². The van der Waals surface area contributed by atoms with E-state index in [1.54, 1.807) is 18.2 Å². The number of hydrogen-bond donors (Lipinski definition) is 2. The first-order valence-electron chi connectivity index (χ1n) is 6.98. The van der Waals surface area contributed by atoms with Crippen molar-refractivity contribution in [2.24, 2.45) is 0 Å². The number of halogens is 1. The van der Waals surface area contributed by atoms with Gasteiger partial charge in [0.1, 0.15) is 5.82 Å². The Bertz CT molecular complexity index is 610. The first kappa shape index (κ1) is 15.4. The molecule has 0 spiro atoms. The molecule has 2 nitrogen and oxygen atoms in total. The summed E-state index contributed by atoms with van der Waals surface area (Å²) in [6.07, 6.45) is 0.891. The minimum absolute atomic E-state index is 0.109. The van der Waals surface area contributed by atoms with Gasteiger partial charge in [-0.1, -0.05) is 48.9 Å². The average molecular weight is 302 g/mol. The molecule has 0 aliphatic carbocycles. The van der Waals surface area contributed by atoms with Crippen molar-refractivity contribution in [2.45, 2.75) is 26.3 Å². The summed E-state index contributed by atoms with van der Waals surface area (Å²) in [4.78, 5) is 0. The zero-order valence-corrected chi connectivity index (χ0v) is 13.0. The molecule has 110 valence electrons. The van der Waals surface area contributed by atoms with E-state index in [9.17, 15) is 4.39 Å². The van der Waals surface area contributed by atoms with Crippen LogP contribution >= 0.6 is 12.2 Å². The van der Waals surface area contributed by atoms with Gasteiger partial charge in [0.25, 0.3) is 0 Å². The molecule has 0 fully saturated rings. The van der Waals surface area contributed by atoms with Crippen LogP contribution in [0.25, 0.3) is 0 Å². The maximum absolute atomic E-state index is 13.6. The van der Waals surface area contributed by atoms with E-state index < -0.39 is 0 Å². The topological polar surface area (TPSA) is 24.1 Å². The highest BCUT2D eigenvalue weighted by Gasteiger charge is 2.11. The van der Waals surface area contributed by atoms with Crippen molar-refractivity contribution in [2.75, 3.05) is 5.32 Å². The Morgan fingerprint density at radius 3 is 2.43 bits per heavy atom. The average Bonchev–Trinajstić information content (AvgIpc) is 2.48. The van der Waals surface area contributed by atoms with Gasteiger partial charge in [-0.05, 0) is 43.3 Å². The first-order chi connectivity index (χ1) is 10.1. The third kappa shape index (κ3) is 4.26. The van der Waals surface area contributed by atoms with Gasteiger partial charge in [0.15, 0.2) is 5.11 Å². The van der Waals surface area contributed by atoms with Crippen LogP contribution in [-0.4, -0.2) is 5.11 Å². The summed E-state index contributed by atoms with van der Waals surface area (Å²) in [5.74, 6) is -0.315. The molecule has 2 N–H and O–H groups in total. The summed E-state index contributed by atoms with van der Waals surface area (Å²) in [5, 5.41) is 6.56. The molecule has 0 heterocycles. The van der Waals surface area contributed by atoms with Gasteiger partial charge in [0, 0.05) is 0 Å². The first-order valence-corrected chi connectivity index (χ1v) is 7.39. The van der Waals surface area contributed by atoms with Crippen LogP contribution in [0.2, 0.25) is 0 Å². The zero-order valence-electron chi connectivity index (χ0n) is 12.2. The third-order valence-electron chi connectivity index (χ3n) is 3.32. The molecule has 0 radical (unpaired) electrons. The van der Waals surface area contributed by atoms with Crippen LogP contribution in [0.3, 0.4) is 0 Å². The molecule has 0 unspecified atom stereocenters. The molecule has 0 saturated heterocycles. The SMILES string of the molecule is CC[C@@H](NC(=S)Nc1ccccc1F)c1ccc(C)cc1. The highest BCUT2D eigenvalue weighted by molar-refractivity contribution is 7.80. The zero-order chi connectivity index (χ0) is 15.2. The maximum Gasteiger partial charge on any atom is 0.171 e. The normalized spacial score (nSPS) is 11.8. The fourth-order valence-corrected chi connectivity index (χ4v) is 2.35. The van der Waals surface area contributed by atoms with Crippen LogP contribution in [0, 0.1) is 12.7 Å². The van der Waals surface area contributed by atoms with Crippen LogP contribution in [0.5, 0.6) is 0 Å². The Kier molecular flexibility index (Phi) is 5.28. The number of para-hydroxylation sites is 1. The van der Waals surface area contributed by atoms with E-state index in [1.165, 1.54) is 17.2 Å². The lowest BCUT2D eigenvalue weighted by molar-refractivity contribution is 0.624. The quantitative estimate of drug-likeness (QED) is 0.809. The van der Waals surface area contributed by atoms with E-state index >= 15 is 0 Å². The number of rotatable bonds is 4. The Hall–Kier alpha value is -1.94. The summed E-state index contributed by atoms with van der Waals surface area (Å²) in [6.45, 7) is 4.14. The number of aryl methyl sites for hydroxylation is 1. The van der Waals surface area contributed by atoms with Gasteiger partial charge in [0.2, 0.25) is 0 Å². The van der Waals surface area contributed by atoms with Crippen LogP contribution in [0.4, 0.5) is 10.1 Å². The lowest BCUT2D eigenvalue weighted by atomic mass is 10.0. The second-order valence-corrected chi connectivity index (χ2v) is 5.36.